The van der Waals surface area contributed by atoms with E-state index in [2.05, 4.69) is 4.98 Å². The smallest absolute Gasteiger partial charge is 0.169 e. The van der Waals surface area contributed by atoms with Crippen LogP contribution in [0.5, 0.6) is 23.0 Å². The largest absolute Gasteiger partial charge is 0.493 e. The molecule has 0 saturated heterocycles. The molecule has 4 rings (SSSR count). The topological polar surface area (TPSA) is 57.7 Å². The van der Waals surface area contributed by atoms with Crippen molar-refractivity contribution in [2.45, 2.75) is 32.6 Å². The van der Waals surface area contributed by atoms with E-state index in [0.29, 0.717) is 28.6 Å². The van der Waals surface area contributed by atoms with E-state index in [1.54, 1.807) is 26.5 Å². The molecule has 1 aliphatic carbocycles. The van der Waals surface area contributed by atoms with Crippen LogP contribution >= 0.6 is 0 Å². The molecule has 150 valence electrons. The number of ether oxygens (including phenoxy) is 3. The van der Waals surface area contributed by atoms with Gasteiger partial charge in [-0.3, -0.25) is 9.78 Å². The number of pyridine rings is 1. The lowest BCUT2D eigenvalue weighted by Gasteiger charge is -2.16. The summed E-state index contributed by atoms with van der Waals surface area (Å²) in [5.41, 5.74) is 2.43. The second-order valence-corrected chi connectivity index (χ2v) is 7.48. The number of Topliss-reactive ketones (excluding diaryl/α,β-unsaturated/α-hetero) is 1. The molecule has 0 atom stereocenters. The van der Waals surface area contributed by atoms with Crippen LogP contribution in [-0.4, -0.2) is 25.0 Å². The third-order valence-corrected chi connectivity index (χ3v) is 5.55. The third-order valence-electron chi connectivity index (χ3n) is 5.55. The van der Waals surface area contributed by atoms with Crippen molar-refractivity contribution < 1.29 is 19.0 Å². The van der Waals surface area contributed by atoms with Gasteiger partial charge in [-0.1, -0.05) is 24.5 Å². The molecule has 0 spiro atoms. The molecular weight excluding hydrogens is 366 g/mol. The summed E-state index contributed by atoms with van der Waals surface area (Å²) in [6.07, 6.45) is 5.85. The normalized spacial score (nSPS) is 14.2. The molecule has 1 aromatic heterocycles. The Morgan fingerprint density at radius 2 is 1.66 bits per heavy atom. The quantitative estimate of drug-likeness (QED) is 0.503. The molecule has 0 unspecified atom stereocenters. The van der Waals surface area contributed by atoms with Gasteiger partial charge in [0.15, 0.2) is 17.3 Å². The first-order valence-corrected chi connectivity index (χ1v) is 9.94. The van der Waals surface area contributed by atoms with Gasteiger partial charge in [-0.05, 0) is 44.0 Å². The summed E-state index contributed by atoms with van der Waals surface area (Å²) >= 11 is 0. The van der Waals surface area contributed by atoms with E-state index in [4.69, 9.17) is 14.2 Å². The Morgan fingerprint density at radius 1 is 0.931 bits per heavy atom. The number of fused-ring (bicyclic) bond motifs is 1. The molecule has 2 aromatic carbocycles. The molecule has 5 nitrogen and oxygen atoms in total. The van der Waals surface area contributed by atoms with Gasteiger partial charge in [0.1, 0.15) is 11.5 Å². The highest BCUT2D eigenvalue weighted by Gasteiger charge is 2.26. The molecule has 1 saturated carbocycles. The second-order valence-electron chi connectivity index (χ2n) is 7.48. The van der Waals surface area contributed by atoms with Crippen LogP contribution in [0.4, 0.5) is 0 Å². The van der Waals surface area contributed by atoms with Crippen molar-refractivity contribution in [3.05, 3.63) is 53.7 Å². The van der Waals surface area contributed by atoms with Crippen LogP contribution in [0.1, 0.15) is 41.6 Å². The van der Waals surface area contributed by atoms with Crippen molar-refractivity contribution in [3.63, 3.8) is 0 Å². The number of rotatable bonds is 6. The Balaban J connectivity index is 1.76. The summed E-state index contributed by atoms with van der Waals surface area (Å²) in [6.45, 7) is 1.99. The molecule has 0 N–H and O–H groups in total. The Kier molecular flexibility index (Phi) is 5.38. The van der Waals surface area contributed by atoms with Crippen molar-refractivity contribution in [2.24, 2.45) is 5.92 Å². The van der Waals surface area contributed by atoms with Crippen LogP contribution in [-0.2, 0) is 0 Å². The maximum absolute atomic E-state index is 13.1. The van der Waals surface area contributed by atoms with Crippen molar-refractivity contribution >= 4 is 16.7 Å². The highest BCUT2D eigenvalue weighted by atomic mass is 16.5. The standard InChI is InChI=1S/C24H25NO4/c1-15-8-9-20(18(12-15)24(26)16-6-4-5-7-16)29-21-10-11-25-19-14-23(28-3)22(27-2)13-17(19)21/h8-14,16H,4-7H2,1-3H3. The third kappa shape index (κ3) is 3.77. The Hall–Kier alpha value is -3.08. The number of aromatic nitrogens is 1. The summed E-state index contributed by atoms with van der Waals surface area (Å²) in [4.78, 5) is 17.5. The maximum Gasteiger partial charge on any atom is 0.169 e. The predicted molar refractivity (Wildman–Crippen MR) is 112 cm³/mol. The fraction of sp³-hybridized carbons (Fsp3) is 0.333. The lowest BCUT2D eigenvalue weighted by atomic mass is 9.94. The number of nitrogens with zero attached hydrogens (tertiary/aromatic N) is 1. The van der Waals surface area contributed by atoms with Crippen LogP contribution in [0.2, 0.25) is 0 Å². The van der Waals surface area contributed by atoms with Crippen LogP contribution in [0.3, 0.4) is 0 Å². The van der Waals surface area contributed by atoms with Crippen LogP contribution in [0.25, 0.3) is 10.9 Å². The van der Waals surface area contributed by atoms with Gasteiger partial charge in [0.05, 0.1) is 25.3 Å². The predicted octanol–water partition coefficient (Wildman–Crippen LogP) is 5.73. The zero-order chi connectivity index (χ0) is 20.4. The summed E-state index contributed by atoms with van der Waals surface area (Å²) < 4.78 is 17.1. The van der Waals surface area contributed by atoms with Gasteiger partial charge in [0, 0.05) is 23.6 Å². The minimum absolute atomic E-state index is 0.0951. The minimum Gasteiger partial charge on any atom is -0.493 e. The summed E-state index contributed by atoms with van der Waals surface area (Å²) in [5, 5.41) is 0.796. The summed E-state index contributed by atoms with van der Waals surface area (Å²) in [5.74, 6) is 2.69. The Morgan fingerprint density at radius 3 is 2.38 bits per heavy atom. The van der Waals surface area contributed by atoms with Gasteiger partial charge in [0.2, 0.25) is 0 Å². The number of aryl methyl sites for hydroxylation is 1. The van der Waals surface area contributed by atoms with Gasteiger partial charge >= 0.3 is 0 Å². The lowest BCUT2D eigenvalue weighted by molar-refractivity contribution is 0.0920. The van der Waals surface area contributed by atoms with Crippen LogP contribution < -0.4 is 14.2 Å². The fourth-order valence-corrected chi connectivity index (χ4v) is 3.99. The first kappa shape index (κ1) is 19.2. The van der Waals surface area contributed by atoms with Gasteiger partial charge in [-0.15, -0.1) is 0 Å². The van der Waals surface area contributed by atoms with Crippen LogP contribution in [0.15, 0.2) is 42.6 Å². The maximum atomic E-state index is 13.1. The highest BCUT2D eigenvalue weighted by molar-refractivity contribution is 6.01. The monoisotopic (exact) mass is 391 g/mol. The lowest BCUT2D eigenvalue weighted by Crippen LogP contribution is -2.12. The second kappa shape index (κ2) is 8.11. The highest BCUT2D eigenvalue weighted by Crippen LogP contribution is 2.38. The van der Waals surface area contributed by atoms with E-state index in [1.807, 2.05) is 37.3 Å². The first-order chi connectivity index (χ1) is 14.1. The molecule has 1 heterocycles. The average molecular weight is 391 g/mol. The van der Waals surface area contributed by atoms with Gasteiger partial charge < -0.3 is 14.2 Å². The number of benzene rings is 2. The SMILES string of the molecule is COc1cc2nccc(Oc3ccc(C)cc3C(=O)C3CCCC3)c2cc1OC. The Bertz CT molecular complexity index is 1050. The van der Waals surface area contributed by atoms with Gasteiger partial charge in [0.25, 0.3) is 0 Å². The molecule has 29 heavy (non-hydrogen) atoms. The number of carbonyl (C=O) groups is 1. The molecular formula is C24H25NO4. The molecule has 0 aliphatic heterocycles. The number of hydrogen-bond acceptors (Lipinski definition) is 5. The van der Waals surface area contributed by atoms with E-state index in [1.165, 1.54) is 0 Å². The van der Waals surface area contributed by atoms with Gasteiger partial charge in [-0.2, -0.15) is 0 Å². The molecule has 0 amide bonds. The molecule has 3 aromatic rings. The summed E-state index contributed by atoms with van der Waals surface area (Å²) in [6, 6.07) is 11.3. The zero-order valence-electron chi connectivity index (χ0n) is 17.0. The number of ketones is 1. The van der Waals surface area contributed by atoms with Crippen molar-refractivity contribution in [1.82, 2.24) is 4.98 Å². The molecule has 1 fully saturated rings. The summed E-state index contributed by atoms with van der Waals surface area (Å²) in [7, 11) is 3.19. The van der Waals surface area contributed by atoms with E-state index in [-0.39, 0.29) is 11.7 Å². The number of carbonyl (C=O) groups excluding carboxylic acids is 1. The molecule has 5 heteroatoms. The number of methoxy groups -OCH3 is 2. The van der Waals surface area contributed by atoms with Crippen LogP contribution in [0, 0.1) is 12.8 Å². The van der Waals surface area contributed by atoms with Crippen molar-refractivity contribution in [1.29, 1.82) is 0 Å². The zero-order valence-corrected chi connectivity index (χ0v) is 17.0. The first-order valence-electron chi connectivity index (χ1n) is 9.94. The minimum atomic E-state index is 0.0951. The van der Waals surface area contributed by atoms with Crippen molar-refractivity contribution in [3.8, 4) is 23.0 Å². The van der Waals surface area contributed by atoms with Crippen molar-refractivity contribution in [2.75, 3.05) is 14.2 Å². The van der Waals surface area contributed by atoms with Gasteiger partial charge in [-0.25, -0.2) is 0 Å². The molecule has 0 radical (unpaired) electrons. The van der Waals surface area contributed by atoms with E-state index in [0.717, 1.165) is 42.1 Å². The van der Waals surface area contributed by atoms with E-state index in [9.17, 15) is 4.79 Å². The Labute approximate surface area is 170 Å². The average Bonchev–Trinajstić information content (AvgIpc) is 3.28. The van der Waals surface area contributed by atoms with E-state index < -0.39 is 0 Å². The molecule has 0 bridgehead atoms. The molecule has 1 aliphatic rings. The van der Waals surface area contributed by atoms with E-state index >= 15 is 0 Å². The number of hydrogen-bond donors (Lipinski definition) is 0. The fourth-order valence-electron chi connectivity index (χ4n) is 3.99.